The lowest BCUT2D eigenvalue weighted by Crippen LogP contribution is -2.24. The van der Waals surface area contributed by atoms with E-state index in [2.05, 4.69) is 10.2 Å². The number of aromatic nitrogens is 3. The SMILES string of the molecule is O=c1[nH][nH]c(=O)n2cccc12. The van der Waals surface area contributed by atoms with Crippen LogP contribution in [0.3, 0.4) is 0 Å². The molecule has 0 fully saturated rings. The molecule has 0 unspecified atom stereocenters. The Morgan fingerprint density at radius 1 is 1.27 bits per heavy atom. The van der Waals surface area contributed by atoms with Crippen molar-refractivity contribution in [1.29, 1.82) is 0 Å². The molecule has 0 radical (unpaired) electrons. The van der Waals surface area contributed by atoms with Gasteiger partial charge in [-0.1, -0.05) is 0 Å². The van der Waals surface area contributed by atoms with Crippen LogP contribution in [0.15, 0.2) is 27.9 Å². The third-order valence-corrected chi connectivity index (χ3v) is 1.48. The predicted molar refractivity (Wildman–Crippen MR) is 38.6 cm³/mol. The van der Waals surface area contributed by atoms with Crippen LogP contribution in [0.4, 0.5) is 0 Å². The second kappa shape index (κ2) is 1.85. The highest BCUT2D eigenvalue weighted by molar-refractivity contribution is 5.43. The van der Waals surface area contributed by atoms with Gasteiger partial charge in [0.15, 0.2) is 0 Å². The lowest BCUT2D eigenvalue weighted by atomic mass is 10.5. The molecule has 2 aromatic rings. The minimum atomic E-state index is -0.343. The minimum absolute atomic E-state index is 0.297. The largest absolute Gasteiger partial charge is 0.344 e. The molecule has 0 aliphatic heterocycles. The first-order valence-electron chi connectivity index (χ1n) is 3.07. The van der Waals surface area contributed by atoms with Crippen molar-refractivity contribution in [3.8, 4) is 0 Å². The molecule has 0 aliphatic rings. The number of rotatable bonds is 0. The highest BCUT2D eigenvalue weighted by Crippen LogP contribution is 1.89. The zero-order valence-electron chi connectivity index (χ0n) is 5.50. The van der Waals surface area contributed by atoms with Gasteiger partial charge in [-0.15, -0.1) is 0 Å². The Morgan fingerprint density at radius 2 is 2.09 bits per heavy atom. The molecule has 2 aromatic heterocycles. The topological polar surface area (TPSA) is 70.1 Å². The second-order valence-electron chi connectivity index (χ2n) is 2.15. The molecule has 5 nitrogen and oxygen atoms in total. The first-order valence-corrected chi connectivity index (χ1v) is 3.07. The molecular formula is C6H5N3O2. The molecule has 0 atom stereocenters. The van der Waals surface area contributed by atoms with Crippen molar-refractivity contribution < 1.29 is 0 Å². The van der Waals surface area contributed by atoms with Crippen molar-refractivity contribution in [3.05, 3.63) is 39.2 Å². The number of nitrogens with zero attached hydrogens (tertiary/aromatic N) is 1. The minimum Gasteiger partial charge on any atom is -0.266 e. The third kappa shape index (κ3) is 0.706. The third-order valence-electron chi connectivity index (χ3n) is 1.48. The molecule has 2 N–H and O–H groups in total. The normalized spacial score (nSPS) is 10.5. The quantitative estimate of drug-likeness (QED) is 0.523. The van der Waals surface area contributed by atoms with Crippen LogP contribution >= 0.6 is 0 Å². The Hall–Kier alpha value is -1.78. The summed E-state index contributed by atoms with van der Waals surface area (Å²) in [6.45, 7) is 0. The van der Waals surface area contributed by atoms with E-state index in [0.717, 1.165) is 0 Å². The zero-order valence-corrected chi connectivity index (χ0v) is 5.50. The van der Waals surface area contributed by atoms with E-state index in [1.807, 2.05) is 0 Å². The van der Waals surface area contributed by atoms with Crippen molar-refractivity contribution in [2.45, 2.75) is 0 Å². The van der Waals surface area contributed by atoms with E-state index in [9.17, 15) is 9.59 Å². The molecular weight excluding hydrogens is 146 g/mol. The molecule has 0 saturated heterocycles. The first kappa shape index (κ1) is 5.96. The monoisotopic (exact) mass is 151 g/mol. The van der Waals surface area contributed by atoms with Crippen LogP contribution in [0.5, 0.6) is 0 Å². The molecule has 0 aliphatic carbocycles. The lowest BCUT2D eigenvalue weighted by molar-refractivity contribution is 0.866. The van der Waals surface area contributed by atoms with Gasteiger partial charge in [0.2, 0.25) is 0 Å². The molecule has 2 heterocycles. The van der Waals surface area contributed by atoms with E-state index in [4.69, 9.17) is 0 Å². The number of fused-ring (bicyclic) bond motifs is 1. The van der Waals surface area contributed by atoms with E-state index in [1.165, 1.54) is 10.6 Å². The van der Waals surface area contributed by atoms with Crippen LogP contribution in [-0.4, -0.2) is 14.6 Å². The van der Waals surface area contributed by atoms with Gasteiger partial charge in [0.25, 0.3) is 5.56 Å². The fourth-order valence-corrected chi connectivity index (χ4v) is 0.978. The van der Waals surface area contributed by atoms with Crippen LogP contribution in [0, 0.1) is 0 Å². The molecule has 0 bridgehead atoms. The van der Waals surface area contributed by atoms with E-state index < -0.39 is 0 Å². The standard InChI is InChI=1S/C6H5N3O2/c10-5-4-2-1-3-9(4)6(11)8-7-5/h1-3H,(H,7,10)(H,8,11). The summed E-state index contributed by atoms with van der Waals surface area (Å²) in [5.41, 5.74) is -0.284. The average Bonchev–Trinajstić information content (AvgIpc) is 2.45. The predicted octanol–water partition coefficient (Wildman–Crippen LogP) is -0.684. The zero-order chi connectivity index (χ0) is 7.84. The molecule has 0 aromatic carbocycles. The van der Waals surface area contributed by atoms with Gasteiger partial charge in [0.1, 0.15) is 5.52 Å². The van der Waals surface area contributed by atoms with Gasteiger partial charge < -0.3 is 0 Å². The molecule has 0 amide bonds. The van der Waals surface area contributed by atoms with Crippen LogP contribution in [0.25, 0.3) is 5.52 Å². The van der Waals surface area contributed by atoms with Crippen molar-refractivity contribution in [2.75, 3.05) is 0 Å². The van der Waals surface area contributed by atoms with Gasteiger partial charge in [-0.2, -0.15) is 0 Å². The molecule has 56 valence electrons. The van der Waals surface area contributed by atoms with Gasteiger partial charge in [0, 0.05) is 6.20 Å². The van der Waals surface area contributed by atoms with E-state index >= 15 is 0 Å². The summed E-state index contributed by atoms with van der Waals surface area (Å²) in [5, 5.41) is 4.41. The summed E-state index contributed by atoms with van der Waals surface area (Å²) >= 11 is 0. The first-order chi connectivity index (χ1) is 5.29. The number of nitrogens with one attached hydrogen (secondary N) is 2. The molecule has 5 heteroatoms. The maximum Gasteiger partial charge on any atom is 0.344 e. The van der Waals surface area contributed by atoms with Gasteiger partial charge in [-0.3, -0.25) is 14.3 Å². The smallest absolute Gasteiger partial charge is 0.266 e. The second-order valence-corrected chi connectivity index (χ2v) is 2.15. The summed E-state index contributed by atoms with van der Waals surface area (Å²) in [6.07, 6.45) is 1.53. The van der Waals surface area contributed by atoms with E-state index in [0.29, 0.717) is 5.52 Å². The highest BCUT2D eigenvalue weighted by atomic mass is 16.2. The van der Waals surface area contributed by atoms with Gasteiger partial charge in [-0.25, -0.2) is 9.89 Å². The Balaban J connectivity index is 3.21. The van der Waals surface area contributed by atoms with Crippen molar-refractivity contribution in [1.82, 2.24) is 14.6 Å². The molecule has 2 rings (SSSR count). The van der Waals surface area contributed by atoms with Gasteiger partial charge in [0.05, 0.1) is 0 Å². The van der Waals surface area contributed by atoms with Crippen molar-refractivity contribution in [2.24, 2.45) is 0 Å². The number of aromatic amines is 2. The number of H-pyrrole nitrogens is 2. The van der Waals surface area contributed by atoms with E-state index in [-0.39, 0.29) is 11.2 Å². The van der Waals surface area contributed by atoms with Gasteiger partial charge >= 0.3 is 5.69 Å². The van der Waals surface area contributed by atoms with Crippen LogP contribution in [0.2, 0.25) is 0 Å². The van der Waals surface area contributed by atoms with Gasteiger partial charge in [-0.05, 0) is 12.1 Å². The summed E-state index contributed by atoms with van der Waals surface area (Å²) in [5.74, 6) is 0. The van der Waals surface area contributed by atoms with Crippen LogP contribution in [0.1, 0.15) is 0 Å². The Bertz CT molecular complexity index is 446. The molecule has 11 heavy (non-hydrogen) atoms. The summed E-state index contributed by atoms with van der Waals surface area (Å²) < 4.78 is 1.25. The maximum absolute atomic E-state index is 10.9. The number of hydrogen-bond acceptors (Lipinski definition) is 2. The summed E-state index contributed by atoms with van der Waals surface area (Å²) in [6, 6.07) is 3.22. The maximum atomic E-state index is 10.9. The van der Waals surface area contributed by atoms with Crippen LogP contribution in [-0.2, 0) is 0 Å². The Labute approximate surface area is 60.3 Å². The average molecular weight is 151 g/mol. The number of hydrogen-bond donors (Lipinski definition) is 2. The van der Waals surface area contributed by atoms with Crippen LogP contribution < -0.4 is 11.2 Å². The fourth-order valence-electron chi connectivity index (χ4n) is 0.978. The van der Waals surface area contributed by atoms with Crippen molar-refractivity contribution in [3.63, 3.8) is 0 Å². The van der Waals surface area contributed by atoms with Crippen molar-refractivity contribution >= 4 is 5.52 Å². The summed E-state index contributed by atoms with van der Waals surface area (Å²) in [4.78, 5) is 21.9. The Morgan fingerprint density at radius 3 is 2.82 bits per heavy atom. The fraction of sp³-hybridized carbons (Fsp3) is 0. The molecule has 0 spiro atoms. The van der Waals surface area contributed by atoms with E-state index in [1.54, 1.807) is 12.1 Å². The molecule has 0 saturated carbocycles. The lowest BCUT2D eigenvalue weighted by Gasteiger charge is -1.88. The Kier molecular flexibility index (Phi) is 1.00. The summed E-state index contributed by atoms with van der Waals surface area (Å²) in [7, 11) is 0. The highest BCUT2D eigenvalue weighted by Gasteiger charge is 1.97.